The lowest BCUT2D eigenvalue weighted by atomic mass is 10.0. The van der Waals surface area contributed by atoms with Crippen LogP contribution in [-0.2, 0) is 38.1 Å². The number of allylic oxidation sites excluding steroid dienone is 1. The fraction of sp³-hybridized carbons (Fsp3) is 0.800. The Hall–Kier alpha value is -2.46. The highest BCUT2D eigenvalue weighted by Crippen LogP contribution is 2.16. The average molecular weight is 573 g/mol. The molecule has 0 amide bonds. The van der Waals surface area contributed by atoms with Gasteiger partial charge in [0, 0.05) is 20.3 Å². The summed E-state index contributed by atoms with van der Waals surface area (Å²) in [4.78, 5) is 45.9. The number of ether oxygens (including phenoxy) is 4. The standard InChI is InChI=1S/C30H54NO9/c1-6-7-14-18-28(40-30(36)24-31(4,5)20-21-37-25(2)32)27(34)17-15-12-10-8-9-11-13-16-19-29(35)39-23-22-38-26(3)33/h12,15,27-28,34H,6-11,13-14,16-24H2,1-5H3/q+1/b15-12-. The molecule has 0 rings (SSSR count). The first-order valence-corrected chi connectivity index (χ1v) is 14.7. The van der Waals surface area contributed by atoms with Crippen molar-refractivity contribution in [2.45, 2.75) is 110 Å². The van der Waals surface area contributed by atoms with Crippen LogP contribution in [0.4, 0.5) is 0 Å². The second-order valence-corrected chi connectivity index (χ2v) is 10.8. The number of carbonyl (C=O) groups is 4. The molecule has 40 heavy (non-hydrogen) atoms. The Morgan fingerprint density at radius 3 is 2.08 bits per heavy atom. The van der Waals surface area contributed by atoms with Crippen LogP contribution in [0.15, 0.2) is 12.2 Å². The van der Waals surface area contributed by atoms with Crippen molar-refractivity contribution in [1.82, 2.24) is 0 Å². The third-order valence-electron chi connectivity index (χ3n) is 6.31. The summed E-state index contributed by atoms with van der Waals surface area (Å²) in [5.41, 5.74) is 0. The van der Waals surface area contributed by atoms with Gasteiger partial charge in [0.25, 0.3) is 0 Å². The van der Waals surface area contributed by atoms with Crippen molar-refractivity contribution in [3.05, 3.63) is 12.2 Å². The minimum atomic E-state index is -0.762. The van der Waals surface area contributed by atoms with Crippen LogP contribution in [0.3, 0.4) is 0 Å². The molecule has 2 unspecified atom stereocenters. The average Bonchev–Trinajstić information content (AvgIpc) is 2.86. The molecule has 2 atom stereocenters. The predicted octanol–water partition coefficient (Wildman–Crippen LogP) is 4.26. The highest BCUT2D eigenvalue weighted by molar-refractivity contribution is 5.71. The molecule has 10 nitrogen and oxygen atoms in total. The molecular weight excluding hydrogens is 518 g/mol. The number of likely N-dealkylation sites (N-methyl/N-ethyl adjacent to an activating group) is 1. The van der Waals surface area contributed by atoms with Crippen LogP contribution in [0.25, 0.3) is 0 Å². The third-order valence-corrected chi connectivity index (χ3v) is 6.31. The Morgan fingerprint density at radius 1 is 0.775 bits per heavy atom. The first-order chi connectivity index (χ1) is 19.0. The Bertz CT molecular complexity index is 751. The fourth-order valence-corrected chi connectivity index (χ4v) is 3.98. The van der Waals surface area contributed by atoms with E-state index < -0.39 is 12.2 Å². The van der Waals surface area contributed by atoms with E-state index in [0.717, 1.165) is 57.8 Å². The second kappa shape index (κ2) is 23.3. The summed E-state index contributed by atoms with van der Waals surface area (Å²) >= 11 is 0. The van der Waals surface area contributed by atoms with E-state index in [1.807, 2.05) is 20.2 Å². The van der Waals surface area contributed by atoms with Crippen molar-refractivity contribution in [1.29, 1.82) is 0 Å². The van der Waals surface area contributed by atoms with Gasteiger partial charge in [-0.2, -0.15) is 0 Å². The first kappa shape index (κ1) is 37.5. The molecule has 0 aliphatic heterocycles. The number of hydrogen-bond donors (Lipinski definition) is 1. The van der Waals surface area contributed by atoms with Crippen LogP contribution < -0.4 is 0 Å². The van der Waals surface area contributed by atoms with Crippen LogP contribution in [0.5, 0.6) is 0 Å². The van der Waals surface area contributed by atoms with Crippen molar-refractivity contribution < 1.29 is 47.7 Å². The number of esters is 4. The fourth-order valence-electron chi connectivity index (χ4n) is 3.98. The highest BCUT2D eigenvalue weighted by atomic mass is 16.6. The van der Waals surface area contributed by atoms with Gasteiger partial charge in [-0.15, -0.1) is 0 Å². The highest BCUT2D eigenvalue weighted by Gasteiger charge is 2.27. The number of quaternary nitrogens is 1. The van der Waals surface area contributed by atoms with Gasteiger partial charge >= 0.3 is 23.9 Å². The molecule has 0 heterocycles. The van der Waals surface area contributed by atoms with Crippen molar-refractivity contribution >= 4 is 23.9 Å². The molecule has 0 spiro atoms. The third kappa shape index (κ3) is 23.4. The number of aliphatic hydroxyl groups excluding tert-OH is 1. The maximum absolute atomic E-state index is 12.6. The van der Waals surface area contributed by atoms with E-state index in [4.69, 9.17) is 18.9 Å². The van der Waals surface area contributed by atoms with Gasteiger partial charge in [0.15, 0.2) is 6.54 Å². The molecule has 0 saturated carbocycles. The topological polar surface area (TPSA) is 125 Å². The maximum atomic E-state index is 12.6. The molecule has 0 aliphatic carbocycles. The smallest absolute Gasteiger partial charge is 0.362 e. The molecule has 0 aromatic carbocycles. The van der Waals surface area contributed by atoms with Crippen molar-refractivity contribution in [3.63, 3.8) is 0 Å². The zero-order chi connectivity index (χ0) is 30.2. The van der Waals surface area contributed by atoms with Crippen LogP contribution >= 0.6 is 0 Å². The van der Waals surface area contributed by atoms with Crippen molar-refractivity contribution in [3.8, 4) is 0 Å². The van der Waals surface area contributed by atoms with Gasteiger partial charge in [-0.25, -0.2) is 4.79 Å². The monoisotopic (exact) mass is 572 g/mol. The molecule has 10 heteroatoms. The van der Waals surface area contributed by atoms with E-state index in [1.165, 1.54) is 13.8 Å². The molecule has 0 aromatic heterocycles. The SMILES string of the molecule is CCCCCC(OC(=O)C[N+](C)(C)CCOC(C)=O)C(O)C/C=C\CCCCCCCC(=O)OCCOC(C)=O. The number of rotatable bonds is 24. The summed E-state index contributed by atoms with van der Waals surface area (Å²) in [6, 6.07) is 0. The van der Waals surface area contributed by atoms with E-state index in [1.54, 1.807) is 0 Å². The van der Waals surface area contributed by atoms with Crippen LogP contribution in [0.1, 0.15) is 97.8 Å². The first-order valence-electron chi connectivity index (χ1n) is 14.7. The number of hydrogen-bond acceptors (Lipinski definition) is 9. The number of nitrogens with zero attached hydrogens (tertiary/aromatic N) is 1. The number of unbranched alkanes of at least 4 members (excludes halogenated alkanes) is 7. The molecule has 0 fully saturated rings. The van der Waals surface area contributed by atoms with Crippen molar-refractivity contribution in [2.24, 2.45) is 0 Å². The van der Waals surface area contributed by atoms with E-state index >= 15 is 0 Å². The van der Waals surface area contributed by atoms with Gasteiger partial charge in [0.2, 0.25) is 0 Å². The Labute approximate surface area is 240 Å². The van der Waals surface area contributed by atoms with Crippen LogP contribution in [0, 0.1) is 0 Å². The van der Waals surface area contributed by atoms with Crippen molar-refractivity contribution in [2.75, 3.05) is 47.0 Å². The zero-order valence-electron chi connectivity index (χ0n) is 25.5. The van der Waals surface area contributed by atoms with E-state index in [0.29, 0.717) is 30.3 Å². The minimum absolute atomic E-state index is 0.0915. The van der Waals surface area contributed by atoms with E-state index in [2.05, 4.69) is 13.0 Å². The van der Waals surface area contributed by atoms with Gasteiger partial charge in [-0.05, 0) is 38.5 Å². The van der Waals surface area contributed by atoms with E-state index in [9.17, 15) is 24.3 Å². The Kier molecular flexibility index (Phi) is 21.8. The van der Waals surface area contributed by atoms with Crippen LogP contribution in [-0.4, -0.2) is 92.7 Å². The lowest BCUT2D eigenvalue weighted by Crippen LogP contribution is -2.47. The minimum Gasteiger partial charge on any atom is -0.462 e. The van der Waals surface area contributed by atoms with Gasteiger partial charge in [0.1, 0.15) is 32.5 Å². The predicted molar refractivity (Wildman–Crippen MR) is 152 cm³/mol. The van der Waals surface area contributed by atoms with E-state index in [-0.39, 0.29) is 50.2 Å². The van der Waals surface area contributed by atoms with Gasteiger partial charge < -0.3 is 28.5 Å². The number of carbonyl (C=O) groups excluding carboxylic acids is 4. The normalized spacial score (nSPS) is 13.1. The van der Waals surface area contributed by atoms with Gasteiger partial charge in [-0.3, -0.25) is 14.4 Å². The summed E-state index contributed by atoms with van der Waals surface area (Å²) in [6.45, 7) is 5.82. The quantitative estimate of drug-likeness (QED) is 0.0594. The summed E-state index contributed by atoms with van der Waals surface area (Å²) in [6.07, 6.45) is 12.8. The molecule has 0 radical (unpaired) electrons. The molecule has 0 bridgehead atoms. The Balaban J connectivity index is 4.25. The second-order valence-electron chi connectivity index (χ2n) is 10.8. The summed E-state index contributed by atoms with van der Waals surface area (Å²) in [5.74, 6) is -1.37. The van der Waals surface area contributed by atoms with Gasteiger partial charge in [-0.1, -0.05) is 51.2 Å². The lowest BCUT2D eigenvalue weighted by molar-refractivity contribution is -0.883. The zero-order valence-corrected chi connectivity index (χ0v) is 25.5. The molecular formula is C30H54NO9+. The summed E-state index contributed by atoms with van der Waals surface area (Å²) < 4.78 is 20.7. The summed E-state index contributed by atoms with van der Waals surface area (Å²) in [7, 11) is 3.75. The van der Waals surface area contributed by atoms with Gasteiger partial charge in [0.05, 0.1) is 20.2 Å². The summed E-state index contributed by atoms with van der Waals surface area (Å²) in [5, 5.41) is 10.7. The maximum Gasteiger partial charge on any atom is 0.362 e. The largest absolute Gasteiger partial charge is 0.462 e. The number of aliphatic hydroxyl groups is 1. The molecule has 0 saturated heterocycles. The molecule has 1 N–H and O–H groups in total. The van der Waals surface area contributed by atoms with Crippen LogP contribution in [0.2, 0.25) is 0 Å². The molecule has 0 aromatic rings. The Morgan fingerprint density at radius 2 is 1.40 bits per heavy atom. The molecule has 232 valence electrons. The molecule has 0 aliphatic rings. The lowest BCUT2D eigenvalue weighted by Gasteiger charge is -2.30.